The summed E-state index contributed by atoms with van der Waals surface area (Å²) in [5, 5.41) is 0. The second-order valence-corrected chi connectivity index (χ2v) is 7.35. The summed E-state index contributed by atoms with van der Waals surface area (Å²) in [5.41, 5.74) is 2.76. The van der Waals surface area contributed by atoms with Crippen LogP contribution < -0.4 is 9.62 Å². The molecule has 0 spiro atoms. The van der Waals surface area contributed by atoms with Gasteiger partial charge in [0.15, 0.2) is 0 Å². The quantitative estimate of drug-likeness (QED) is 0.869. The van der Waals surface area contributed by atoms with Gasteiger partial charge in [-0.15, -0.1) is 0 Å². The number of benzene rings is 1. The SMILES string of the molecule is CC(=O)N1CCc2cc(S(=O)(=O)NCCc3cc[nH]c3)ccc21. The molecule has 1 aromatic carbocycles. The van der Waals surface area contributed by atoms with Crippen molar-refractivity contribution >= 4 is 21.6 Å². The van der Waals surface area contributed by atoms with Crippen LogP contribution >= 0.6 is 0 Å². The van der Waals surface area contributed by atoms with Gasteiger partial charge in [-0.2, -0.15) is 0 Å². The number of carbonyl (C=O) groups excluding carboxylic acids is 1. The summed E-state index contributed by atoms with van der Waals surface area (Å²) in [6.45, 7) is 2.47. The largest absolute Gasteiger partial charge is 0.367 e. The van der Waals surface area contributed by atoms with Crippen molar-refractivity contribution in [2.45, 2.75) is 24.7 Å². The van der Waals surface area contributed by atoms with Gasteiger partial charge >= 0.3 is 0 Å². The summed E-state index contributed by atoms with van der Waals surface area (Å²) in [4.78, 5) is 16.4. The van der Waals surface area contributed by atoms with Crippen molar-refractivity contribution in [3.63, 3.8) is 0 Å². The van der Waals surface area contributed by atoms with E-state index in [0.717, 1.165) is 16.8 Å². The van der Waals surface area contributed by atoms with Gasteiger partial charge < -0.3 is 9.88 Å². The van der Waals surface area contributed by atoms with E-state index in [1.54, 1.807) is 23.1 Å². The predicted octanol–water partition coefficient (Wildman–Crippen LogP) is 1.44. The molecule has 0 radical (unpaired) electrons. The van der Waals surface area contributed by atoms with Crippen molar-refractivity contribution in [3.05, 3.63) is 47.8 Å². The van der Waals surface area contributed by atoms with Crippen LogP contribution in [0.4, 0.5) is 5.69 Å². The molecule has 2 aromatic rings. The third kappa shape index (κ3) is 3.30. The molecule has 122 valence electrons. The van der Waals surface area contributed by atoms with Crippen LogP contribution in [0.25, 0.3) is 0 Å². The number of rotatable bonds is 5. The molecule has 1 aromatic heterocycles. The van der Waals surface area contributed by atoms with E-state index < -0.39 is 10.0 Å². The number of hydrogen-bond donors (Lipinski definition) is 2. The van der Waals surface area contributed by atoms with E-state index in [1.165, 1.54) is 6.92 Å². The first-order valence-electron chi connectivity index (χ1n) is 7.50. The van der Waals surface area contributed by atoms with Crippen LogP contribution in [0.1, 0.15) is 18.1 Å². The Morgan fingerprint density at radius 2 is 2.17 bits per heavy atom. The Morgan fingerprint density at radius 1 is 1.35 bits per heavy atom. The van der Waals surface area contributed by atoms with Crippen LogP contribution in [-0.2, 0) is 27.7 Å². The van der Waals surface area contributed by atoms with E-state index in [9.17, 15) is 13.2 Å². The van der Waals surface area contributed by atoms with Crippen molar-refractivity contribution in [1.29, 1.82) is 0 Å². The predicted molar refractivity (Wildman–Crippen MR) is 87.9 cm³/mol. The molecule has 0 aliphatic carbocycles. The molecule has 0 unspecified atom stereocenters. The Kier molecular flexibility index (Phi) is 4.23. The molecule has 0 saturated carbocycles. The van der Waals surface area contributed by atoms with Crippen molar-refractivity contribution in [1.82, 2.24) is 9.71 Å². The number of carbonyl (C=O) groups is 1. The van der Waals surface area contributed by atoms with Crippen molar-refractivity contribution < 1.29 is 13.2 Å². The molecule has 2 heterocycles. The van der Waals surface area contributed by atoms with Crippen LogP contribution in [0.3, 0.4) is 0 Å². The van der Waals surface area contributed by atoms with Crippen molar-refractivity contribution in [2.24, 2.45) is 0 Å². The molecule has 2 N–H and O–H groups in total. The van der Waals surface area contributed by atoms with E-state index in [-0.39, 0.29) is 10.8 Å². The van der Waals surface area contributed by atoms with Crippen LogP contribution in [0.15, 0.2) is 41.6 Å². The molecular weight excluding hydrogens is 314 g/mol. The third-order valence-corrected chi connectivity index (χ3v) is 5.46. The normalized spacial score (nSPS) is 14.0. The van der Waals surface area contributed by atoms with Gasteiger partial charge in [-0.3, -0.25) is 4.79 Å². The lowest BCUT2D eigenvalue weighted by Crippen LogP contribution is -2.26. The average Bonchev–Trinajstić information content (AvgIpc) is 3.15. The first kappa shape index (κ1) is 15.8. The summed E-state index contributed by atoms with van der Waals surface area (Å²) in [6, 6.07) is 6.85. The van der Waals surface area contributed by atoms with E-state index in [4.69, 9.17) is 0 Å². The molecule has 1 aliphatic heterocycles. The zero-order valence-corrected chi connectivity index (χ0v) is 13.7. The second kappa shape index (κ2) is 6.17. The number of aromatic nitrogens is 1. The van der Waals surface area contributed by atoms with E-state index >= 15 is 0 Å². The molecule has 6 nitrogen and oxygen atoms in total. The molecule has 1 amide bonds. The lowest BCUT2D eigenvalue weighted by molar-refractivity contribution is -0.116. The van der Waals surface area contributed by atoms with Gasteiger partial charge in [0.2, 0.25) is 15.9 Å². The number of hydrogen-bond acceptors (Lipinski definition) is 3. The maximum atomic E-state index is 12.4. The van der Waals surface area contributed by atoms with Crippen LogP contribution in [0.2, 0.25) is 0 Å². The van der Waals surface area contributed by atoms with Crippen LogP contribution in [0, 0.1) is 0 Å². The Morgan fingerprint density at radius 3 is 2.87 bits per heavy atom. The zero-order valence-electron chi connectivity index (χ0n) is 12.9. The molecule has 0 atom stereocenters. The third-order valence-electron chi connectivity index (χ3n) is 4.01. The van der Waals surface area contributed by atoms with Gasteiger partial charge in [0.1, 0.15) is 0 Å². The highest BCUT2D eigenvalue weighted by Crippen LogP contribution is 2.30. The highest BCUT2D eigenvalue weighted by molar-refractivity contribution is 7.89. The lowest BCUT2D eigenvalue weighted by atomic mass is 10.2. The summed E-state index contributed by atoms with van der Waals surface area (Å²) in [6.07, 6.45) is 4.97. The molecule has 7 heteroatoms. The zero-order chi connectivity index (χ0) is 16.4. The summed E-state index contributed by atoms with van der Waals surface area (Å²) < 4.78 is 27.4. The number of nitrogens with one attached hydrogen (secondary N) is 2. The fourth-order valence-corrected chi connectivity index (χ4v) is 3.88. The van der Waals surface area contributed by atoms with E-state index in [0.29, 0.717) is 25.9 Å². The molecule has 0 fully saturated rings. The van der Waals surface area contributed by atoms with Gasteiger partial charge in [-0.25, -0.2) is 13.1 Å². The Balaban J connectivity index is 1.72. The maximum absolute atomic E-state index is 12.4. The standard InChI is InChI=1S/C16H19N3O3S/c1-12(20)19-9-6-14-10-15(2-3-16(14)19)23(21,22)18-8-5-13-4-7-17-11-13/h2-4,7,10-11,17-18H,5-6,8-9H2,1H3. The lowest BCUT2D eigenvalue weighted by Gasteiger charge is -2.15. The molecule has 23 heavy (non-hydrogen) atoms. The molecule has 0 saturated heterocycles. The smallest absolute Gasteiger partial charge is 0.240 e. The number of nitrogens with zero attached hydrogens (tertiary/aromatic N) is 1. The van der Waals surface area contributed by atoms with Crippen molar-refractivity contribution in [2.75, 3.05) is 18.0 Å². The Bertz CT molecular complexity index is 813. The number of amides is 1. The number of anilines is 1. The summed E-state index contributed by atoms with van der Waals surface area (Å²) in [7, 11) is -3.54. The highest BCUT2D eigenvalue weighted by atomic mass is 32.2. The van der Waals surface area contributed by atoms with Gasteiger partial charge in [0.05, 0.1) is 4.90 Å². The van der Waals surface area contributed by atoms with E-state index in [1.807, 2.05) is 18.5 Å². The first-order chi connectivity index (χ1) is 11.0. The number of H-pyrrole nitrogens is 1. The topological polar surface area (TPSA) is 82.3 Å². The van der Waals surface area contributed by atoms with Gasteiger partial charge in [-0.05, 0) is 48.2 Å². The monoisotopic (exact) mass is 333 g/mol. The molecule has 1 aliphatic rings. The summed E-state index contributed by atoms with van der Waals surface area (Å²) >= 11 is 0. The van der Waals surface area contributed by atoms with Crippen LogP contribution in [0.5, 0.6) is 0 Å². The fraction of sp³-hybridized carbons (Fsp3) is 0.312. The minimum Gasteiger partial charge on any atom is -0.367 e. The first-order valence-corrected chi connectivity index (χ1v) is 8.98. The van der Waals surface area contributed by atoms with Gasteiger partial charge in [-0.1, -0.05) is 0 Å². The average molecular weight is 333 g/mol. The highest BCUT2D eigenvalue weighted by Gasteiger charge is 2.24. The second-order valence-electron chi connectivity index (χ2n) is 5.58. The molecule has 0 bridgehead atoms. The van der Waals surface area contributed by atoms with Gasteiger partial charge in [0, 0.05) is 38.1 Å². The fourth-order valence-electron chi connectivity index (χ4n) is 2.80. The number of aromatic amines is 1. The number of fused-ring (bicyclic) bond motifs is 1. The Hall–Kier alpha value is -2.12. The van der Waals surface area contributed by atoms with Gasteiger partial charge in [0.25, 0.3) is 0 Å². The van der Waals surface area contributed by atoms with Crippen molar-refractivity contribution in [3.8, 4) is 0 Å². The number of sulfonamides is 1. The minimum atomic E-state index is -3.54. The van der Waals surface area contributed by atoms with Crippen LogP contribution in [-0.4, -0.2) is 32.4 Å². The Labute approximate surface area is 135 Å². The minimum absolute atomic E-state index is 0.0241. The molecular formula is C16H19N3O3S. The summed E-state index contributed by atoms with van der Waals surface area (Å²) in [5.74, 6) is -0.0241. The van der Waals surface area contributed by atoms with E-state index in [2.05, 4.69) is 9.71 Å². The maximum Gasteiger partial charge on any atom is 0.240 e. The molecule has 3 rings (SSSR count).